The van der Waals surface area contributed by atoms with Crippen LogP contribution in [0.3, 0.4) is 0 Å². The second-order valence-electron chi connectivity index (χ2n) is 8.39. The van der Waals surface area contributed by atoms with E-state index in [1.54, 1.807) is 35.8 Å². The average Bonchev–Trinajstić information content (AvgIpc) is 3.44. The Labute approximate surface area is 212 Å². The molecule has 4 N–H and O–H groups in total. The number of phenols is 1. The van der Waals surface area contributed by atoms with Crippen molar-refractivity contribution < 1.29 is 14.6 Å². The van der Waals surface area contributed by atoms with Crippen molar-refractivity contribution in [3.63, 3.8) is 0 Å². The van der Waals surface area contributed by atoms with E-state index in [-0.39, 0.29) is 11.7 Å². The highest BCUT2D eigenvalue weighted by molar-refractivity contribution is 7.23. The van der Waals surface area contributed by atoms with E-state index >= 15 is 0 Å². The molecule has 1 aliphatic heterocycles. The van der Waals surface area contributed by atoms with Gasteiger partial charge in [0.05, 0.1) is 16.8 Å². The normalized spacial score (nSPS) is 13.2. The van der Waals surface area contributed by atoms with E-state index in [9.17, 15) is 9.90 Å². The molecule has 35 heavy (non-hydrogen) atoms. The smallest absolute Gasteiger partial charge is 0.226 e. The van der Waals surface area contributed by atoms with Gasteiger partial charge in [-0.05, 0) is 42.3 Å². The second-order valence-corrected chi connectivity index (χ2v) is 10.5. The number of para-hydroxylation sites is 1. The predicted octanol–water partition coefficient (Wildman–Crippen LogP) is 4.61. The minimum Gasteiger partial charge on any atom is -0.507 e. The van der Waals surface area contributed by atoms with Crippen LogP contribution in [0.4, 0.5) is 5.00 Å². The number of nitrogens with zero attached hydrogens (tertiary/aromatic N) is 1. The molecule has 0 saturated heterocycles. The summed E-state index contributed by atoms with van der Waals surface area (Å²) < 4.78 is 6.08. The first-order valence-electron chi connectivity index (χ1n) is 11.7. The number of fused-ring (bicyclic) bond motifs is 2. The van der Waals surface area contributed by atoms with E-state index in [2.05, 4.69) is 22.0 Å². The quantitative estimate of drug-likeness (QED) is 0.247. The number of ether oxygens (including phenoxy) is 1. The number of benzene rings is 2. The first-order valence-corrected chi connectivity index (χ1v) is 13.3. The summed E-state index contributed by atoms with van der Waals surface area (Å²) in [5.74, 6) is 0.253. The Morgan fingerprint density at radius 1 is 1.20 bits per heavy atom. The number of aromatic hydroxyl groups is 1. The number of thiophene rings is 1. The van der Waals surface area contributed by atoms with Crippen LogP contribution in [0.5, 0.6) is 5.75 Å². The fourth-order valence-electron chi connectivity index (χ4n) is 4.26. The van der Waals surface area contributed by atoms with Crippen LogP contribution in [-0.2, 0) is 22.5 Å². The molecule has 4 aromatic rings. The monoisotopic (exact) mass is 508 g/mol. The lowest BCUT2D eigenvalue weighted by Crippen LogP contribution is -2.24. The second kappa shape index (κ2) is 10.8. The maximum Gasteiger partial charge on any atom is 0.226 e. The summed E-state index contributed by atoms with van der Waals surface area (Å²) in [4.78, 5) is 18.9. The molecule has 0 saturated carbocycles. The Bertz CT molecular complexity index is 1350. The van der Waals surface area contributed by atoms with Crippen LogP contribution in [-0.4, -0.2) is 49.3 Å². The zero-order chi connectivity index (χ0) is 24.2. The van der Waals surface area contributed by atoms with E-state index in [1.165, 1.54) is 10.4 Å². The van der Waals surface area contributed by atoms with Crippen LogP contribution >= 0.6 is 22.7 Å². The number of rotatable bonds is 9. The Morgan fingerprint density at radius 2 is 2.09 bits per heavy atom. The molecule has 1 amide bonds. The Hall–Kier alpha value is -2.82. The van der Waals surface area contributed by atoms with Gasteiger partial charge in [0.25, 0.3) is 0 Å². The van der Waals surface area contributed by atoms with Gasteiger partial charge in [-0.1, -0.05) is 24.3 Å². The van der Waals surface area contributed by atoms with E-state index in [0.29, 0.717) is 19.6 Å². The van der Waals surface area contributed by atoms with E-state index in [1.807, 2.05) is 30.3 Å². The number of amides is 1. The lowest BCUT2D eigenvalue weighted by Gasteiger charge is -2.13. The van der Waals surface area contributed by atoms with Gasteiger partial charge in [0.15, 0.2) is 0 Å². The Kier molecular flexibility index (Phi) is 7.40. The third kappa shape index (κ3) is 5.24. The third-order valence-electron chi connectivity index (χ3n) is 6.01. The summed E-state index contributed by atoms with van der Waals surface area (Å²) in [5.41, 5.74) is 5.00. The molecule has 182 valence electrons. The van der Waals surface area contributed by atoms with Gasteiger partial charge in [0.2, 0.25) is 5.91 Å². The SMILES string of the molecule is COCCNCCC(=O)Nc1sc2c(c1-c1nc3ccc(-c4ccccc4O)cc3s1)CCNC2. The number of anilines is 1. The van der Waals surface area contributed by atoms with Gasteiger partial charge >= 0.3 is 0 Å². The number of nitrogens with one attached hydrogen (secondary N) is 3. The molecule has 9 heteroatoms. The minimum atomic E-state index is -0.00864. The van der Waals surface area contributed by atoms with Gasteiger partial charge in [0.1, 0.15) is 15.8 Å². The van der Waals surface area contributed by atoms with Crippen LogP contribution in [0, 0.1) is 0 Å². The first-order chi connectivity index (χ1) is 17.1. The number of methoxy groups -OCH3 is 1. The molecule has 5 rings (SSSR count). The molecule has 0 aliphatic carbocycles. The fraction of sp³-hybridized carbons (Fsp3) is 0.308. The van der Waals surface area contributed by atoms with Crippen molar-refractivity contribution in [1.29, 1.82) is 0 Å². The van der Waals surface area contributed by atoms with Crippen molar-refractivity contribution in [1.82, 2.24) is 15.6 Å². The maximum absolute atomic E-state index is 12.7. The van der Waals surface area contributed by atoms with Crippen LogP contribution < -0.4 is 16.0 Å². The van der Waals surface area contributed by atoms with Crippen molar-refractivity contribution in [2.24, 2.45) is 0 Å². The molecule has 0 atom stereocenters. The molecule has 0 spiro atoms. The lowest BCUT2D eigenvalue weighted by molar-refractivity contribution is -0.116. The Morgan fingerprint density at radius 3 is 2.94 bits per heavy atom. The molecule has 2 aromatic heterocycles. The molecular formula is C26H28N4O3S2. The molecule has 3 heterocycles. The van der Waals surface area contributed by atoms with Crippen LogP contribution in [0.1, 0.15) is 16.9 Å². The summed E-state index contributed by atoms with van der Waals surface area (Å²) in [7, 11) is 1.66. The first kappa shape index (κ1) is 23.9. The van der Waals surface area contributed by atoms with Gasteiger partial charge < -0.3 is 25.8 Å². The average molecular weight is 509 g/mol. The van der Waals surface area contributed by atoms with Gasteiger partial charge in [-0.25, -0.2) is 4.98 Å². The van der Waals surface area contributed by atoms with Crippen molar-refractivity contribution >= 4 is 43.8 Å². The highest BCUT2D eigenvalue weighted by Crippen LogP contribution is 2.45. The highest BCUT2D eigenvalue weighted by atomic mass is 32.1. The minimum absolute atomic E-state index is 0.00864. The molecule has 0 fully saturated rings. The van der Waals surface area contributed by atoms with E-state index in [0.717, 1.165) is 63.0 Å². The number of carbonyl (C=O) groups is 1. The molecule has 0 radical (unpaired) electrons. The number of hydrogen-bond acceptors (Lipinski definition) is 8. The van der Waals surface area contributed by atoms with E-state index < -0.39 is 0 Å². The largest absolute Gasteiger partial charge is 0.507 e. The van der Waals surface area contributed by atoms with Crippen molar-refractivity contribution in [2.75, 3.05) is 38.7 Å². The number of carbonyl (C=O) groups excluding carboxylic acids is 1. The van der Waals surface area contributed by atoms with Crippen molar-refractivity contribution in [3.8, 4) is 27.4 Å². The van der Waals surface area contributed by atoms with E-state index in [4.69, 9.17) is 9.72 Å². The Balaban J connectivity index is 1.44. The third-order valence-corrected chi connectivity index (χ3v) is 8.19. The van der Waals surface area contributed by atoms with Crippen molar-refractivity contribution in [3.05, 3.63) is 52.9 Å². The van der Waals surface area contributed by atoms with Gasteiger partial charge in [-0.3, -0.25) is 4.79 Å². The maximum atomic E-state index is 12.7. The standard InChI is InChI=1S/C26H28N4O3S2/c1-33-13-12-27-11-9-23(32)30-26-24(18-8-10-28-15-22(18)35-26)25-29-19-7-6-16(14-21(19)34-25)17-4-2-3-5-20(17)31/h2-7,14,27-28,31H,8-13,15H2,1H3,(H,30,32). The zero-order valence-electron chi connectivity index (χ0n) is 19.5. The van der Waals surface area contributed by atoms with Gasteiger partial charge in [0, 0.05) is 49.2 Å². The highest BCUT2D eigenvalue weighted by Gasteiger charge is 2.25. The zero-order valence-corrected chi connectivity index (χ0v) is 21.2. The summed E-state index contributed by atoms with van der Waals surface area (Å²) in [6, 6.07) is 13.4. The molecule has 7 nitrogen and oxygen atoms in total. The molecular weight excluding hydrogens is 480 g/mol. The summed E-state index contributed by atoms with van der Waals surface area (Å²) >= 11 is 3.27. The number of hydrogen-bond donors (Lipinski definition) is 4. The summed E-state index contributed by atoms with van der Waals surface area (Å²) in [6.45, 7) is 3.68. The molecule has 1 aliphatic rings. The van der Waals surface area contributed by atoms with Gasteiger partial charge in [-0.2, -0.15) is 0 Å². The number of aromatic nitrogens is 1. The molecule has 0 unspecified atom stereocenters. The van der Waals surface area contributed by atoms with Crippen molar-refractivity contribution in [2.45, 2.75) is 19.4 Å². The fourth-order valence-corrected chi connectivity index (χ4v) is 6.64. The number of phenolic OH excluding ortho intramolecular Hbond substituents is 1. The van der Waals surface area contributed by atoms with Crippen LogP contribution in [0.15, 0.2) is 42.5 Å². The summed E-state index contributed by atoms with van der Waals surface area (Å²) in [5, 5.41) is 21.9. The number of thiazole rings is 1. The van der Waals surface area contributed by atoms with Gasteiger partial charge in [-0.15, -0.1) is 22.7 Å². The topological polar surface area (TPSA) is 95.5 Å². The molecule has 0 bridgehead atoms. The molecule has 2 aromatic carbocycles. The van der Waals surface area contributed by atoms with Crippen LogP contribution in [0.25, 0.3) is 31.9 Å². The summed E-state index contributed by atoms with van der Waals surface area (Å²) in [6.07, 6.45) is 1.31. The lowest BCUT2D eigenvalue weighted by atomic mass is 10.0. The predicted molar refractivity (Wildman–Crippen MR) is 143 cm³/mol. The van der Waals surface area contributed by atoms with Crippen LogP contribution in [0.2, 0.25) is 0 Å².